The first-order chi connectivity index (χ1) is 11.0. The molecule has 5 nitrogen and oxygen atoms in total. The minimum absolute atomic E-state index is 0.0350. The van der Waals surface area contributed by atoms with Crippen LogP contribution < -0.4 is 10.9 Å². The van der Waals surface area contributed by atoms with Crippen LogP contribution in [0.1, 0.15) is 29.2 Å². The van der Waals surface area contributed by atoms with E-state index in [0.717, 1.165) is 25.0 Å². The normalized spacial score (nSPS) is 14.0. The average Bonchev–Trinajstić information content (AvgIpc) is 3.34. The van der Waals surface area contributed by atoms with Crippen LogP contribution in [-0.2, 0) is 4.84 Å². The zero-order valence-corrected chi connectivity index (χ0v) is 12.1. The van der Waals surface area contributed by atoms with Gasteiger partial charge in [-0.3, -0.25) is 14.4 Å². The van der Waals surface area contributed by atoms with Crippen LogP contribution in [-0.4, -0.2) is 17.1 Å². The third-order valence-corrected chi connectivity index (χ3v) is 3.63. The van der Waals surface area contributed by atoms with Gasteiger partial charge in [-0.15, -0.1) is 6.58 Å². The second-order valence-corrected chi connectivity index (χ2v) is 5.32. The van der Waals surface area contributed by atoms with Crippen molar-refractivity contribution < 1.29 is 18.4 Å². The van der Waals surface area contributed by atoms with E-state index in [1.807, 2.05) is 0 Å². The number of nitrogens with one attached hydrogen (secondary N) is 1. The number of hydrogen-bond acceptors (Lipinski definition) is 3. The van der Waals surface area contributed by atoms with Gasteiger partial charge in [-0.25, -0.2) is 14.3 Å². The molecule has 7 heteroatoms. The second kappa shape index (κ2) is 5.92. The number of rotatable bonds is 5. The van der Waals surface area contributed by atoms with Crippen molar-refractivity contribution in [3.63, 3.8) is 0 Å². The van der Waals surface area contributed by atoms with Gasteiger partial charge < -0.3 is 4.57 Å². The Balaban J connectivity index is 2.14. The highest BCUT2D eigenvalue weighted by molar-refractivity contribution is 5.96. The molecule has 1 saturated carbocycles. The number of fused-ring (bicyclic) bond motifs is 1. The molecular formula is C16H14F2N2O3. The van der Waals surface area contributed by atoms with Crippen LogP contribution in [0, 0.1) is 11.6 Å². The predicted octanol–water partition coefficient (Wildman–Crippen LogP) is 2.46. The van der Waals surface area contributed by atoms with Gasteiger partial charge in [-0.2, -0.15) is 0 Å². The first kappa shape index (κ1) is 15.4. The summed E-state index contributed by atoms with van der Waals surface area (Å²) in [5, 5.41) is -0.0350. The number of carbonyl (C=O) groups is 1. The molecule has 1 aromatic heterocycles. The Morgan fingerprint density at radius 3 is 2.74 bits per heavy atom. The van der Waals surface area contributed by atoms with E-state index in [-0.39, 0.29) is 29.1 Å². The number of hydroxylamine groups is 1. The molecular weight excluding hydrogens is 306 g/mol. The van der Waals surface area contributed by atoms with Crippen LogP contribution >= 0.6 is 0 Å². The van der Waals surface area contributed by atoms with E-state index in [1.165, 1.54) is 12.3 Å². The largest absolute Gasteiger partial charge is 0.343 e. The predicted molar refractivity (Wildman–Crippen MR) is 80.0 cm³/mol. The smallest absolute Gasteiger partial charge is 0.280 e. The summed E-state index contributed by atoms with van der Waals surface area (Å²) in [4.78, 5) is 29.3. The van der Waals surface area contributed by atoms with Gasteiger partial charge in [0, 0.05) is 23.7 Å². The third-order valence-electron chi connectivity index (χ3n) is 3.63. The van der Waals surface area contributed by atoms with Crippen molar-refractivity contribution in [3.05, 3.63) is 58.4 Å². The molecule has 0 spiro atoms. The fourth-order valence-electron chi connectivity index (χ4n) is 2.38. The molecule has 0 radical (unpaired) electrons. The lowest BCUT2D eigenvalue weighted by molar-refractivity contribution is 0.0420. The Morgan fingerprint density at radius 1 is 1.39 bits per heavy atom. The number of halogens is 2. The summed E-state index contributed by atoms with van der Waals surface area (Å²) in [5.41, 5.74) is 1.55. The van der Waals surface area contributed by atoms with Crippen molar-refractivity contribution in [2.45, 2.75) is 18.9 Å². The summed E-state index contributed by atoms with van der Waals surface area (Å²) in [6.07, 6.45) is 4.50. The minimum Gasteiger partial charge on any atom is -0.343 e. The summed E-state index contributed by atoms with van der Waals surface area (Å²) < 4.78 is 28.6. The highest BCUT2D eigenvalue weighted by Gasteiger charge is 2.27. The molecule has 0 bridgehead atoms. The Bertz CT molecular complexity index is 857. The van der Waals surface area contributed by atoms with Gasteiger partial charge in [0.1, 0.15) is 5.56 Å². The number of amides is 1. The number of nitrogens with zero attached hydrogens (tertiary/aromatic N) is 1. The van der Waals surface area contributed by atoms with Crippen LogP contribution in [0.3, 0.4) is 0 Å². The molecule has 1 aliphatic carbocycles. The fraction of sp³-hybridized carbons (Fsp3) is 0.250. The standard InChI is InChI=1S/C16H14F2N2O3/c1-2-5-23-19-16(22)11-8-20(9-3-4-9)14-7-13(18)12(17)6-10(14)15(11)21/h2,6-9H,1,3-5H2,(H,19,22). The lowest BCUT2D eigenvalue weighted by Gasteiger charge is -2.13. The molecule has 1 amide bonds. The van der Waals surface area contributed by atoms with Gasteiger partial charge in [0.2, 0.25) is 5.43 Å². The van der Waals surface area contributed by atoms with Crippen LogP contribution in [0.5, 0.6) is 0 Å². The number of hydrogen-bond donors (Lipinski definition) is 1. The highest BCUT2D eigenvalue weighted by atomic mass is 19.2. The molecule has 1 N–H and O–H groups in total. The van der Waals surface area contributed by atoms with E-state index in [0.29, 0.717) is 0 Å². The first-order valence-corrected chi connectivity index (χ1v) is 7.10. The number of aromatic nitrogens is 1. The van der Waals surface area contributed by atoms with Gasteiger partial charge in [-0.1, -0.05) is 6.08 Å². The van der Waals surface area contributed by atoms with Crippen molar-refractivity contribution in [3.8, 4) is 0 Å². The third kappa shape index (κ3) is 2.87. The average molecular weight is 320 g/mol. The summed E-state index contributed by atoms with van der Waals surface area (Å²) >= 11 is 0. The molecule has 1 heterocycles. The van der Waals surface area contributed by atoms with E-state index in [4.69, 9.17) is 4.84 Å². The molecule has 3 rings (SSSR count). The summed E-state index contributed by atoms with van der Waals surface area (Å²) in [7, 11) is 0. The van der Waals surface area contributed by atoms with Crippen LogP contribution in [0.4, 0.5) is 8.78 Å². The maximum absolute atomic E-state index is 13.5. The Labute approximate surface area is 130 Å². The Hall–Kier alpha value is -2.54. The molecule has 1 aromatic carbocycles. The van der Waals surface area contributed by atoms with E-state index in [1.54, 1.807) is 4.57 Å². The van der Waals surface area contributed by atoms with Crippen molar-refractivity contribution >= 4 is 16.8 Å². The van der Waals surface area contributed by atoms with E-state index in [9.17, 15) is 18.4 Å². The Kier molecular flexibility index (Phi) is 3.96. The highest BCUT2D eigenvalue weighted by Crippen LogP contribution is 2.37. The molecule has 0 atom stereocenters. The van der Waals surface area contributed by atoms with Gasteiger partial charge in [0.25, 0.3) is 5.91 Å². The van der Waals surface area contributed by atoms with Gasteiger partial charge in [0.05, 0.1) is 12.1 Å². The maximum Gasteiger partial charge on any atom is 0.280 e. The summed E-state index contributed by atoms with van der Waals surface area (Å²) in [6.45, 7) is 3.51. The second-order valence-electron chi connectivity index (χ2n) is 5.32. The lowest BCUT2D eigenvalue weighted by atomic mass is 10.1. The maximum atomic E-state index is 13.5. The Morgan fingerprint density at radius 2 is 2.09 bits per heavy atom. The molecule has 2 aromatic rings. The minimum atomic E-state index is -1.13. The van der Waals surface area contributed by atoms with Crippen molar-refractivity contribution in [2.24, 2.45) is 0 Å². The molecule has 1 aliphatic rings. The SMILES string of the molecule is C=CCONC(=O)c1cn(C2CC2)c2cc(F)c(F)cc2c1=O. The molecule has 23 heavy (non-hydrogen) atoms. The topological polar surface area (TPSA) is 60.3 Å². The molecule has 1 fully saturated rings. The van der Waals surface area contributed by atoms with E-state index < -0.39 is 23.0 Å². The van der Waals surface area contributed by atoms with Gasteiger partial charge in [0.15, 0.2) is 11.6 Å². The molecule has 0 saturated heterocycles. The van der Waals surface area contributed by atoms with E-state index in [2.05, 4.69) is 12.1 Å². The summed E-state index contributed by atoms with van der Waals surface area (Å²) in [6, 6.07) is 1.89. The quantitative estimate of drug-likeness (QED) is 0.523. The van der Waals surface area contributed by atoms with E-state index >= 15 is 0 Å². The summed E-state index contributed by atoms with van der Waals surface area (Å²) in [5.74, 6) is -2.90. The zero-order valence-electron chi connectivity index (χ0n) is 12.1. The van der Waals surface area contributed by atoms with Crippen molar-refractivity contribution in [1.82, 2.24) is 10.0 Å². The molecule has 0 unspecified atom stereocenters. The zero-order chi connectivity index (χ0) is 16.6. The van der Waals surface area contributed by atoms with Crippen LogP contribution in [0.2, 0.25) is 0 Å². The van der Waals surface area contributed by atoms with Crippen molar-refractivity contribution in [2.75, 3.05) is 6.61 Å². The number of benzene rings is 1. The fourth-order valence-corrected chi connectivity index (χ4v) is 2.38. The molecule has 0 aliphatic heterocycles. The van der Waals surface area contributed by atoms with Crippen molar-refractivity contribution in [1.29, 1.82) is 0 Å². The van der Waals surface area contributed by atoms with Crippen LogP contribution in [0.25, 0.3) is 10.9 Å². The number of carbonyl (C=O) groups excluding carboxylic acids is 1. The number of pyridine rings is 1. The van der Waals surface area contributed by atoms with Gasteiger partial charge >= 0.3 is 0 Å². The first-order valence-electron chi connectivity index (χ1n) is 7.10. The van der Waals surface area contributed by atoms with Crippen LogP contribution in [0.15, 0.2) is 35.8 Å². The van der Waals surface area contributed by atoms with Gasteiger partial charge in [-0.05, 0) is 18.9 Å². The monoisotopic (exact) mass is 320 g/mol. The lowest BCUT2D eigenvalue weighted by Crippen LogP contribution is -2.30. The molecule has 120 valence electrons.